The van der Waals surface area contributed by atoms with Gasteiger partial charge in [0.15, 0.2) is 5.96 Å². The summed E-state index contributed by atoms with van der Waals surface area (Å²) in [7, 11) is 0. The van der Waals surface area contributed by atoms with Gasteiger partial charge >= 0.3 is 0 Å². The number of unbranched alkanes of at least 4 members (excludes halogenated alkanes) is 20. The van der Waals surface area contributed by atoms with Crippen LogP contribution in [0.25, 0.3) is 0 Å². The van der Waals surface area contributed by atoms with Gasteiger partial charge in [-0.1, -0.05) is 142 Å². The van der Waals surface area contributed by atoms with Gasteiger partial charge in [0.05, 0.1) is 0 Å². The lowest BCUT2D eigenvalue weighted by Crippen LogP contribution is -2.37. The van der Waals surface area contributed by atoms with Crippen LogP contribution in [-0.2, 0) is 19.2 Å². The Morgan fingerprint density at radius 1 is 0.421 bits per heavy atom. The van der Waals surface area contributed by atoms with Crippen molar-refractivity contribution >= 4 is 29.6 Å². The van der Waals surface area contributed by atoms with Crippen molar-refractivity contribution in [3.63, 3.8) is 0 Å². The summed E-state index contributed by atoms with van der Waals surface area (Å²) in [6.07, 6.45) is 31.8. The molecule has 57 heavy (non-hydrogen) atoms. The first-order valence-corrected chi connectivity index (χ1v) is 23.6. The molecule has 0 aliphatic carbocycles. The number of amides is 4. The normalized spacial score (nSPS) is 11.0. The van der Waals surface area contributed by atoms with E-state index in [1.165, 1.54) is 116 Å². The molecule has 0 saturated heterocycles. The average Bonchev–Trinajstić information content (AvgIpc) is 3.19. The summed E-state index contributed by atoms with van der Waals surface area (Å²) in [6.45, 7) is 9.21. The van der Waals surface area contributed by atoms with Gasteiger partial charge in [-0.05, 0) is 51.6 Å². The minimum atomic E-state index is -0.139. The van der Waals surface area contributed by atoms with Crippen molar-refractivity contribution in [2.24, 2.45) is 16.5 Å². The van der Waals surface area contributed by atoms with Crippen molar-refractivity contribution < 1.29 is 19.2 Å². The fourth-order valence-corrected chi connectivity index (χ4v) is 6.88. The highest BCUT2D eigenvalue weighted by atomic mass is 16.2. The van der Waals surface area contributed by atoms with Gasteiger partial charge < -0.3 is 37.6 Å². The van der Waals surface area contributed by atoms with Crippen LogP contribution in [-0.4, -0.2) is 86.8 Å². The lowest BCUT2D eigenvalue weighted by molar-refractivity contribution is -0.133. The molecule has 0 aromatic carbocycles. The largest absolute Gasteiger partial charge is 0.370 e. The molecule has 0 atom stereocenters. The number of rotatable bonds is 43. The van der Waals surface area contributed by atoms with Crippen molar-refractivity contribution in [3.8, 4) is 0 Å². The van der Waals surface area contributed by atoms with Gasteiger partial charge in [0, 0.05) is 65.0 Å². The number of hydrogen-bond acceptors (Lipinski definition) is 6. The molecule has 8 N–H and O–H groups in total. The Hall–Kier alpha value is -2.89. The van der Waals surface area contributed by atoms with E-state index in [1.807, 2.05) is 0 Å². The van der Waals surface area contributed by atoms with E-state index in [0.717, 1.165) is 51.6 Å². The molecule has 0 unspecified atom stereocenters. The molecule has 0 bridgehead atoms. The average molecular weight is 807 g/mol. The van der Waals surface area contributed by atoms with E-state index in [2.05, 4.69) is 40.1 Å². The summed E-state index contributed by atoms with van der Waals surface area (Å²) in [5, 5.41) is 12.3. The van der Waals surface area contributed by atoms with Crippen LogP contribution in [0.1, 0.15) is 206 Å². The van der Waals surface area contributed by atoms with E-state index < -0.39 is 0 Å². The van der Waals surface area contributed by atoms with Gasteiger partial charge in [0.2, 0.25) is 23.6 Å². The number of nitrogens with one attached hydrogen (secondary N) is 4. The third-order valence-corrected chi connectivity index (χ3v) is 10.4. The number of carbonyl (C=O) groups excluding carboxylic acids is 4. The molecular formula is C45H90N8O4. The van der Waals surface area contributed by atoms with Crippen molar-refractivity contribution in [3.05, 3.63) is 0 Å². The van der Waals surface area contributed by atoms with Crippen LogP contribution in [0.4, 0.5) is 0 Å². The van der Waals surface area contributed by atoms with Crippen LogP contribution < -0.4 is 32.7 Å². The van der Waals surface area contributed by atoms with Crippen LogP contribution in [0, 0.1) is 0 Å². The van der Waals surface area contributed by atoms with Crippen LogP contribution >= 0.6 is 0 Å². The van der Waals surface area contributed by atoms with Crippen LogP contribution in [0.5, 0.6) is 0 Å². The number of nitrogens with zero attached hydrogens (tertiary/aromatic N) is 2. The highest BCUT2D eigenvalue weighted by Crippen LogP contribution is 2.13. The zero-order chi connectivity index (χ0) is 41.9. The molecule has 0 rings (SSSR count). The first-order valence-electron chi connectivity index (χ1n) is 23.6. The molecule has 12 nitrogen and oxygen atoms in total. The van der Waals surface area contributed by atoms with E-state index in [-0.39, 0.29) is 42.4 Å². The highest BCUT2D eigenvalue weighted by molar-refractivity contribution is 5.83. The third kappa shape index (κ3) is 41.1. The number of guanidine groups is 1. The summed E-state index contributed by atoms with van der Waals surface area (Å²) in [5.74, 6) is 0.0265. The van der Waals surface area contributed by atoms with Crippen LogP contribution in [0.2, 0.25) is 0 Å². The first kappa shape index (κ1) is 54.1. The zero-order valence-corrected chi connectivity index (χ0v) is 37.1. The van der Waals surface area contributed by atoms with E-state index >= 15 is 0 Å². The predicted octanol–water partition coefficient (Wildman–Crippen LogP) is 7.77. The minimum absolute atomic E-state index is 0.0714. The van der Waals surface area contributed by atoms with E-state index in [4.69, 9.17) is 11.5 Å². The van der Waals surface area contributed by atoms with E-state index in [9.17, 15) is 19.2 Å². The second-order valence-corrected chi connectivity index (χ2v) is 16.0. The molecule has 0 saturated carbocycles. The van der Waals surface area contributed by atoms with Gasteiger partial charge in [-0.15, -0.1) is 0 Å². The van der Waals surface area contributed by atoms with Crippen LogP contribution in [0.15, 0.2) is 4.99 Å². The van der Waals surface area contributed by atoms with Gasteiger partial charge in [0.1, 0.15) is 0 Å². The summed E-state index contributed by atoms with van der Waals surface area (Å²) < 4.78 is 0. The SMILES string of the molecule is CCCCCCCCCCCCCC(=O)NCCCN(CCCNC(=O)CCCCCCCCCCCCC)C(=O)CCC(=O)NCCCNCCCN=C(N)N. The molecule has 0 fully saturated rings. The standard InChI is InChI=1S/C45H90N8O4/c1-3-5-7-9-11-13-15-17-19-21-23-29-41(54)50-37-27-39-53(44(57)32-31-43(56)49-35-25-33-48-34-26-36-52-45(46)47)40-28-38-51-42(55)30-24-22-20-18-16-14-12-10-8-6-4-2/h48H,3-40H2,1-2H3,(H,49,56)(H,50,54)(H,51,55)(H4,46,47,52). The van der Waals surface area contributed by atoms with Gasteiger partial charge in [-0.2, -0.15) is 0 Å². The minimum Gasteiger partial charge on any atom is -0.370 e. The molecule has 0 heterocycles. The van der Waals surface area contributed by atoms with Crippen molar-refractivity contribution in [2.45, 2.75) is 206 Å². The molecule has 4 amide bonds. The Morgan fingerprint density at radius 3 is 1.21 bits per heavy atom. The Labute approximate surface area is 349 Å². The lowest BCUT2D eigenvalue weighted by atomic mass is 10.1. The van der Waals surface area contributed by atoms with Crippen molar-refractivity contribution in [2.75, 3.05) is 52.4 Å². The Kier molecular flexibility index (Phi) is 40.5. The van der Waals surface area contributed by atoms with E-state index in [0.29, 0.717) is 65.0 Å². The number of aliphatic imine (C=N–C) groups is 1. The number of hydrogen-bond donors (Lipinski definition) is 6. The van der Waals surface area contributed by atoms with Gasteiger partial charge in [-0.25, -0.2) is 0 Å². The predicted molar refractivity (Wildman–Crippen MR) is 239 cm³/mol. The molecule has 0 aliphatic rings. The zero-order valence-electron chi connectivity index (χ0n) is 37.1. The third-order valence-electron chi connectivity index (χ3n) is 10.4. The summed E-state index contributed by atoms with van der Waals surface area (Å²) in [4.78, 5) is 56.3. The number of nitrogens with two attached hydrogens (primary N) is 2. The second kappa shape index (κ2) is 42.7. The maximum absolute atomic E-state index is 13.2. The monoisotopic (exact) mass is 807 g/mol. The van der Waals surface area contributed by atoms with Crippen molar-refractivity contribution in [1.82, 2.24) is 26.2 Å². The quantitative estimate of drug-likeness (QED) is 0.0207. The lowest BCUT2D eigenvalue weighted by Gasteiger charge is -2.23. The first-order chi connectivity index (χ1) is 27.8. The molecule has 0 radical (unpaired) electrons. The summed E-state index contributed by atoms with van der Waals surface area (Å²) in [5.41, 5.74) is 10.7. The maximum atomic E-state index is 13.2. The van der Waals surface area contributed by atoms with Crippen LogP contribution in [0.3, 0.4) is 0 Å². The maximum Gasteiger partial charge on any atom is 0.223 e. The topological polar surface area (TPSA) is 184 Å². The Balaban J connectivity index is 4.42. The summed E-state index contributed by atoms with van der Waals surface area (Å²) >= 11 is 0. The molecular weight excluding hydrogens is 717 g/mol. The fourth-order valence-electron chi connectivity index (χ4n) is 6.88. The van der Waals surface area contributed by atoms with Gasteiger partial charge in [-0.3, -0.25) is 24.2 Å². The Bertz CT molecular complexity index is 946. The smallest absolute Gasteiger partial charge is 0.223 e. The fraction of sp³-hybridized carbons (Fsp3) is 0.889. The number of carbonyl (C=O) groups is 4. The molecule has 0 spiro atoms. The molecule has 0 aliphatic heterocycles. The molecule has 12 heteroatoms. The molecule has 334 valence electrons. The van der Waals surface area contributed by atoms with Gasteiger partial charge in [0.25, 0.3) is 0 Å². The molecule has 0 aromatic rings. The van der Waals surface area contributed by atoms with E-state index in [1.54, 1.807) is 4.90 Å². The molecule has 0 aromatic heterocycles. The Morgan fingerprint density at radius 2 is 0.789 bits per heavy atom. The second-order valence-electron chi connectivity index (χ2n) is 16.0. The summed E-state index contributed by atoms with van der Waals surface area (Å²) in [6, 6.07) is 0. The highest BCUT2D eigenvalue weighted by Gasteiger charge is 2.15. The van der Waals surface area contributed by atoms with Crippen molar-refractivity contribution in [1.29, 1.82) is 0 Å².